The summed E-state index contributed by atoms with van der Waals surface area (Å²) >= 11 is 0. The summed E-state index contributed by atoms with van der Waals surface area (Å²) in [5, 5.41) is 3.35. The summed E-state index contributed by atoms with van der Waals surface area (Å²) in [6.45, 7) is 3.31. The number of sulfonamides is 1. The Kier molecular flexibility index (Phi) is 4.37. The van der Waals surface area contributed by atoms with Gasteiger partial charge in [0, 0.05) is 26.2 Å². The Morgan fingerprint density at radius 3 is 2.48 bits per heavy atom. The molecule has 0 bridgehead atoms. The number of fused-ring (bicyclic) bond motifs is 1. The Labute approximate surface area is 149 Å². The maximum Gasteiger partial charge on any atom is 0.198 e. The highest BCUT2D eigenvalue weighted by Crippen LogP contribution is 2.34. The van der Waals surface area contributed by atoms with Gasteiger partial charge in [0.05, 0.1) is 11.2 Å². The first-order valence-electron chi connectivity index (χ1n) is 8.70. The van der Waals surface area contributed by atoms with Crippen LogP contribution in [0.2, 0.25) is 0 Å². The fourth-order valence-electron chi connectivity index (χ4n) is 3.75. The standard InChI is InChI=1S/C19H23N3O2S/c23-25(24)18-9-5-4-8-17(18)20-15-19(21-25)10-12-22(13-11-19)14-16-6-2-1-3-7-16/h1-9,20H,10-15H2,(H-,21,23,24). The minimum Gasteiger partial charge on any atom is -0.593 e. The van der Waals surface area contributed by atoms with Gasteiger partial charge in [-0.15, -0.1) is 4.72 Å². The second-order valence-corrected chi connectivity index (χ2v) is 8.65. The first kappa shape index (κ1) is 16.7. The summed E-state index contributed by atoms with van der Waals surface area (Å²) in [5.41, 5.74) is 1.58. The second kappa shape index (κ2) is 6.53. The van der Waals surface area contributed by atoms with Crippen molar-refractivity contribution in [3.8, 4) is 0 Å². The molecule has 1 atom stereocenters. The summed E-state index contributed by atoms with van der Waals surface area (Å²) in [7, 11) is -3.49. The van der Waals surface area contributed by atoms with E-state index >= 15 is 0 Å². The molecule has 0 amide bonds. The summed E-state index contributed by atoms with van der Waals surface area (Å²) < 4.78 is 28.5. The highest BCUT2D eigenvalue weighted by molar-refractivity contribution is 7.96. The van der Waals surface area contributed by atoms with Crippen LogP contribution in [-0.2, 0) is 21.2 Å². The minimum absolute atomic E-state index is 0.346. The second-order valence-electron chi connectivity index (χ2n) is 7.00. The van der Waals surface area contributed by atoms with E-state index in [2.05, 4.69) is 39.2 Å². The maximum atomic E-state index is 12.8. The molecule has 2 aliphatic rings. The van der Waals surface area contributed by atoms with Gasteiger partial charge in [-0.2, -0.15) is 0 Å². The normalized spacial score (nSPS) is 25.8. The van der Waals surface area contributed by atoms with Crippen molar-refractivity contribution in [1.82, 2.24) is 9.62 Å². The third kappa shape index (κ3) is 3.48. The van der Waals surface area contributed by atoms with Gasteiger partial charge in [0.25, 0.3) is 0 Å². The molecule has 2 aliphatic heterocycles. The molecule has 2 N–H and O–H groups in total. The molecule has 0 saturated carbocycles. The number of nitrogens with one attached hydrogen (secondary N) is 2. The summed E-state index contributed by atoms with van der Waals surface area (Å²) in [6.07, 6.45) is 1.61. The zero-order chi connectivity index (χ0) is 17.3. The summed E-state index contributed by atoms with van der Waals surface area (Å²) in [6, 6.07) is 17.5. The predicted molar refractivity (Wildman–Crippen MR) is 98.8 cm³/mol. The van der Waals surface area contributed by atoms with Crippen molar-refractivity contribution in [3.63, 3.8) is 0 Å². The van der Waals surface area contributed by atoms with Gasteiger partial charge in [0.1, 0.15) is 0 Å². The first-order valence-corrected chi connectivity index (χ1v) is 10.2. The third-order valence-corrected chi connectivity index (χ3v) is 6.84. The average Bonchev–Trinajstić information content (AvgIpc) is 2.73. The monoisotopic (exact) mass is 357 g/mol. The van der Waals surface area contributed by atoms with Crippen LogP contribution in [0.4, 0.5) is 5.69 Å². The van der Waals surface area contributed by atoms with Crippen LogP contribution in [-0.4, -0.2) is 34.6 Å². The van der Waals surface area contributed by atoms with E-state index in [-0.39, 0.29) is 0 Å². The Hall–Kier alpha value is -1.73. The van der Waals surface area contributed by atoms with E-state index in [0.717, 1.165) is 32.5 Å². The van der Waals surface area contributed by atoms with Crippen LogP contribution in [0.3, 0.4) is 0 Å². The van der Waals surface area contributed by atoms with Crippen LogP contribution in [0, 0.1) is 0 Å². The highest BCUT2D eigenvalue weighted by Gasteiger charge is 2.44. The number of nitrogens with zero attached hydrogens (tertiary/aromatic N) is 1. The Balaban J connectivity index is 1.47. The number of anilines is 1. The molecule has 0 aliphatic carbocycles. The molecule has 1 spiro atoms. The van der Waals surface area contributed by atoms with Crippen molar-refractivity contribution in [3.05, 3.63) is 60.2 Å². The van der Waals surface area contributed by atoms with Crippen molar-refractivity contribution in [2.75, 3.05) is 25.0 Å². The van der Waals surface area contributed by atoms with Crippen LogP contribution in [0.1, 0.15) is 18.4 Å². The molecule has 1 saturated heterocycles. The number of likely N-dealkylation sites (tertiary alicyclic amines) is 1. The van der Waals surface area contributed by atoms with Gasteiger partial charge in [-0.3, -0.25) is 4.90 Å². The highest BCUT2D eigenvalue weighted by atomic mass is 32.3. The van der Waals surface area contributed by atoms with E-state index in [9.17, 15) is 8.76 Å². The molecular formula is C19H23N3O2S. The zero-order valence-corrected chi connectivity index (χ0v) is 14.9. The van der Waals surface area contributed by atoms with E-state index < -0.39 is 15.9 Å². The van der Waals surface area contributed by atoms with Crippen LogP contribution in [0.5, 0.6) is 0 Å². The van der Waals surface area contributed by atoms with Gasteiger partial charge in [-0.25, -0.2) is 0 Å². The lowest BCUT2D eigenvalue weighted by atomic mass is 9.88. The molecule has 132 valence electrons. The Bertz CT molecular complexity index is 788. The fourth-order valence-corrected chi connectivity index (χ4v) is 5.39. The van der Waals surface area contributed by atoms with E-state index in [4.69, 9.17) is 0 Å². The molecule has 6 heteroatoms. The third-order valence-electron chi connectivity index (χ3n) is 5.21. The van der Waals surface area contributed by atoms with Crippen molar-refractivity contribution in [2.45, 2.75) is 29.8 Å². The van der Waals surface area contributed by atoms with Crippen LogP contribution in [0.25, 0.3) is 0 Å². The van der Waals surface area contributed by atoms with Crippen LogP contribution >= 0.6 is 0 Å². The van der Waals surface area contributed by atoms with Gasteiger partial charge < -0.3 is 9.87 Å². The zero-order valence-electron chi connectivity index (χ0n) is 14.1. The van der Waals surface area contributed by atoms with Crippen molar-refractivity contribution in [1.29, 1.82) is 0 Å². The lowest BCUT2D eigenvalue weighted by Crippen LogP contribution is -2.58. The minimum atomic E-state index is -3.49. The molecule has 2 aromatic carbocycles. The van der Waals surface area contributed by atoms with Crippen LogP contribution in [0.15, 0.2) is 59.5 Å². The lowest BCUT2D eigenvalue weighted by molar-refractivity contribution is 0.150. The molecule has 0 radical (unpaired) electrons. The molecule has 1 unspecified atom stereocenters. The number of piperidine rings is 1. The van der Waals surface area contributed by atoms with Crippen molar-refractivity contribution in [2.24, 2.45) is 0 Å². The molecule has 5 nitrogen and oxygen atoms in total. The van der Waals surface area contributed by atoms with Gasteiger partial charge >= 0.3 is 0 Å². The molecule has 25 heavy (non-hydrogen) atoms. The molecule has 1 fully saturated rings. The largest absolute Gasteiger partial charge is 0.593 e. The number of hydrogen-bond donors (Lipinski definition) is 2. The Morgan fingerprint density at radius 1 is 1.04 bits per heavy atom. The van der Waals surface area contributed by atoms with E-state index in [1.165, 1.54) is 5.56 Å². The SMILES string of the molecule is O=[S+]1([O-])NC2(CCN(Cc3ccccc3)CC2)CNc2ccccc21. The van der Waals surface area contributed by atoms with Gasteiger partial charge in [0.15, 0.2) is 15.3 Å². The van der Waals surface area contributed by atoms with Crippen molar-refractivity contribution >= 4 is 16.1 Å². The molecular weight excluding hydrogens is 334 g/mol. The lowest BCUT2D eigenvalue weighted by Gasteiger charge is -2.41. The molecule has 2 heterocycles. The van der Waals surface area contributed by atoms with Gasteiger partial charge in [-0.05, 0) is 30.5 Å². The smallest absolute Gasteiger partial charge is 0.198 e. The van der Waals surface area contributed by atoms with E-state index in [0.29, 0.717) is 17.1 Å². The van der Waals surface area contributed by atoms with Gasteiger partial charge in [-0.1, -0.05) is 46.7 Å². The van der Waals surface area contributed by atoms with E-state index in [1.54, 1.807) is 12.1 Å². The molecule has 2 aromatic rings. The first-order chi connectivity index (χ1) is 12.1. The maximum absolute atomic E-state index is 12.8. The van der Waals surface area contributed by atoms with E-state index in [1.807, 2.05) is 18.2 Å². The quantitative estimate of drug-likeness (QED) is 0.811. The van der Waals surface area contributed by atoms with Gasteiger partial charge in [0.2, 0.25) is 0 Å². The molecule has 0 aromatic heterocycles. The number of rotatable bonds is 2. The summed E-state index contributed by atoms with van der Waals surface area (Å²) in [5.74, 6) is 0. The number of hydrogen-bond acceptors (Lipinski definition) is 4. The Morgan fingerprint density at radius 2 is 1.72 bits per heavy atom. The summed E-state index contributed by atoms with van der Waals surface area (Å²) in [4.78, 5) is 2.74. The van der Waals surface area contributed by atoms with Crippen LogP contribution < -0.4 is 10.0 Å². The van der Waals surface area contributed by atoms with Crippen molar-refractivity contribution < 1.29 is 8.76 Å². The molecule has 4 rings (SSSR count). The topological polar surface area (TPSA) is 67.4 Å². The number of para-hydroxylation sites is 1. The number of benzene rings is 2. The predicted octanol–water partition coefficient (Wildman–Crippen LogP) is 2.64. The average molecular weight is 357 g/mol. The fraction of sp³-hybridized carbons (Fsp3) is 0.368.